The maximum Gasteiger partial charge on any atom is 0.245 e. The normalized spacial score (nSPS) is 14.7. The summed E-state index contributed by atoms with van der Waals surface area (Å²) in [6, 6.07) is 7.27. The van der Waals surface area contributed by atoms with Gasteiger partial charge in [-0.2, -0.15) is 0 Å². The Balaban J connectivity index is 1.70. The fourth-order valence-electron chi connectivity index (χ4n) is 12.7. The molecule has 4 rings (SSSR count). The van der Waals surface area contributed by atoms with Crippen molar-refractivity contribution >= 4 is 94.7 Å². The van der Waals surface area contributed by atoms with Gasteiger partial charge in [0.2, 0.25) is 70.9 Å². The molecule has 30 N–H and O–H groups in total. The molecule has 0 saturated carbocycles. The zero-order valence-corrected chi connectivity index (χ0v) is 67.8. The number of carbonyl (C=O) groups is 12. The lowest BCUT2D eigenvalue weighted by Gasteiger charge is -2.30. The van der Waals surface area contributed by atoms with Crippen LogP contribution in [0.4, 0.5) is 0 Å². The number of benzene rings is 3. The first-order chi connectivity index (χ1) is 56.2. The van der Waals surface area contributed by atoms with E-state index in [1.807, 2.05) is 0 Å². The molecule has 1 saturated heterocycles. The molecule has 39 nitrogen and oxygen atoms in total. The minimum atomic E-state index is -1.51. The number of primary amides is 1. The van der Waals surface area contributed by atoms with Crippen LogP contribution in [0, 0.1) is 27.6 Å². The summed E-state index contributed by atoms with van der Waals surface area (Å²) in [4.78, 5) is 173. The average Bonchev–Trinajstić information content (AvgIpc) is 1.79. The molecule has 0 aromatic heterocycles. The van der Waals surface area contributed by atoms with E-state index in [9.17, 15) is 43.2 Å². The highest BCUT2D eigenvalue weighted by Crippen LogP contribution is 2.22. The summed E-state index contributed by atoms with van der Waals surface area (Å²) in [7, 11) is 0. The van der Waals surface area contributed by atoms with Crippen LogP contribution in [-0.2, 0) is 76.8 Å². The molecule has 1 heterocycles. The van der Waals surface area contributed by atoms with Crippen molar-refractivity contribution in [2.75, 3.05) is 52.5 Å². The van der Waals surface area contributed by atoms with Crippen molar-refractivity contribution in [2.45, 2.75) is 203 Å². The van der Waals surface area contributed by atoms with Gasteiger partial charge in [-0.1, -0.05) is 93.8 Å². The van der Waals surface area contributed by atoms with Crippen molar-refractivity contribution in [3.63, 3.8) is 0 Å². The van der Waals surface area contributed by atoms with E-state index >= 15 is 14.4 Å². The van der Waals surface area contributed by atoms with Gasteiger partial charge in [0, 0.05) is 58.9 Å². The number of amides is 12. The van der Waals surface area contributed by atoms with Crippen molar-refractivity contribution in [1.29, 1.82) is 21.6 Å². The second-order valence-electron chi connectivity index (χ2n) is 29.0. The van der Waals surface area contributed by atoms with Crippen LogP contribution in [0.2, 0.25) is 0 Å². The van der Waals surface area contributed by atoms with E-state index in [0.717, 1.165) is 0 Å². The highest BCUT2D eigenvalue weighted by Gasteiger charge is 2.41. The molecule has 648 valence electrons. The van der Waals surface area contributed by atoms with Crippen LogP contribution in [0.3, 0.4) is 0 Å². The third-order valence-corrected chi connectivity index (χ3v) is 18.7. The highest BCUT2D eigenvalue weighted by atomic mass is 16.5. The Morgan fingerprint density at radius 1 is 0.449 bits per heavy atom. The van der Waals surface area contributed by atoms with Gasteiger partial charge in [-0.15, -0.1) is 0 Å². The van der Waals surface area contributed by atoms with E-state index in [0.29, 0.717) is 54.0 Å². The number of likely N-dealkylation sites (tertiary alicyclic amines) is 1. The lowest BCUT2D eigenvalue weighted by Crippen LogP contribution is -2.61. The molecule has 39 heteroatoms. The largest absolute Gasteiger partial charge is 0.490 e. The lowest BCUT2D eigenvalue weighted by molar-refractivity contribution is -0.142. The first kappa shape index (κ1) is 97.8. The monoisotopic (exact) mass is 1650 g/mol. The number of unbranched alkanes of at least 4 members (excludes halogenated alkanes) is 1. The van der Waals surface area contributed by atoms with Gasteiger partial charge in [0.05, 0.1) is 0 Å². The van der Waals surface area contributed by atoms with E-state index in [2.05, 4.69) is 87.6 Å². The number of guanidine groups is 4. The summed E-state index contributed by atoms with van der Waals surface area (Å²) in [6.45, 7) is 14.5. The van der Waals surface area contributed by atoms with Crippen LogP contribution in [0.5, 0.6) is 11.5 Å². The fourth-order valence-corrected chi connectivity index (χ4v) is 12.7. The molecule has 118 heavy (non-hydrogen) atoms. The third kappa shape index (κ3) is 37.4. The molecule has 0 bridgehead atoms. The standard InChI is InChI=1S/C79H123N25O14/c1-7-40-117-53-32-30-51(31-33-53)45-61(95-49(6)105)71(112)103-63(46-52-22-14-23-54(43-52)118-41-8-2)73(114)102-62(44-50-20-10-9-11-21-50)72(113)99-58(27-17-37-92-78(86)87)69(110)101-60(42-47(3)4)70(111)98-57(26-16-36-91-77(84)85)68(109)97-56(25-15-35-90-76(82)83)67(108)94-48(5)66(107)100-59(28-18-38-93-79(88)89)75(116)104-39-19-29-64(104)74(115)96-55(65(81)106)24-12-13-34-80/h7-11,14,20-23,30-33,43,47-48,55-64H,1-2,12-13,15-19,24-29,34-42,44-46,80H2,3-6H3,(H2,81,106)(H,94,108)(H,95,105)(H,96,115)(H,97,109)(H,98,111)(H,99,113)(H,100,107)(H,101,110)(H,102,114)(H,103,112)(H4,82,83,90)(H4,84,85,91)(H4,86,87,92)(H4,88,89,93)/t48-,55+,56+,57+,58+,59+,60+,61+,62+,63+,64+/m1/s1. The van der Waals surface area contributed by atoms with Gasteiger partial charge in [-0.05, 0) is 150 Å². The lowest BCUT2D eigenvalue weighted by atomic mass is 10.00. The number of nitrogens with zero attached hydrogens (tertiary/aromatic N) is 1. The molecule has 0 radical (unpaired) electrons. The van der Waals surface area contributed by atoms with E-state index in [4.69, 9.17) is 65.5 Å². The number of nitrogens with one attached hydrogen (secondary N) is 18. The fraction of sp³-hybridized carbons (Fsp3) is 0.519. The quantitative estimate of drug-likeness (QED) is 0.0120. The minimum Gasteiger partial charge on any atom is -0.490 e. The SMILES string of the molecule is C=CCOc1ccc(C[C@H](NC(C)=O)C(=O)N[C@@H](Cc2cccc(OCC=C)c2)C(=O)N[C@@H](Cc2ccccc2)C(=O)N[C@@H](CCCNC(=N)N)C(=O)N[C@@H](CC(C)C)C(=O)N[C@@H](CCCNC(=N)N)C(=O)N[C@@H](CCCNC(=N)N)C(=O)N[C@H](C)C(=O)N[C@@H](CCCNC(=N)N)C(=O)N2CCC[C@H]2C(=O)N[C@@H](CCCCN)C(N)=O)cc1. The minimum absolute atomic E-state index is 0.0178. The van der Waals surface area contributed by atoms with E-state index in [-0.39, 0.29) is 148 Å². The van der Waals surface area contributed by atoms with E-state index in [1.54, 1.807) is 105 Å². The molecule has 0 unspecified atom stereocenters. The molecule has 12 amide bonds. The summed E-state index contributed by atoms with van der Waals surface area (Å²) < 4.78 is 11.4. The highest BCUT2D eigenvalue weighted by molar-refractivity contribution is 6.00. The van der Waals surface area contributed by atoms with Crippen LogP contribution in [0.1, 0.15) is 134 Å². The van der Waals surface area contributed by atoms with Crippen LogP contribution < -0.4 is 118 Å². The number of hydrogen-bond acceptors (Lipinski definition) is 19. The Kier molecular flexibility index (Phi) is 43.8. The zero-order chi connectivity index (χ0) is 87.2. The van der Waals surface area contributed by atoms with Crippen LogP contribution in [0.25, 0.3) is 0 Å². The molecule has 3 aromatic carbocycles. The number of ether oxygens (including phenoxy) is 2. The van der Waals surface area contributed by atoms with Crippen molar-refractivity contribution in [3.8, 4) is 11.5 Å². The average molecular weight is 1650 g/mol. The van der Waals surface area contributed by atoms with Gasteiger partial charge in [0.25, 0.3) is 0 Å². The molecule has 1 aliphatic heterocycles. The summed E-state index contributed by atoms with van der Waals surface area (Å²) in [5.41, 5.74) is 35.3. The van der Waals surface area contributed by atoms with Gasteiger partial charge in [0.15, 0.2) is 23.8 Å². The molecule has 1 fully saturated rings. The van der Waals surface area contributed by atoms with E-state index in [1.165, 1.54) is 18.7 Å². The molecule has 0 spiro atoms. The first-order valence-electron chi connectivity index (χ1n) is 39.5. The van der Waals surface area contributed by atoms with Crippen molar-refractivity contribution < 1.29 is 67.0 Å². The summed E-state index contributed by atoms with van der Waals surface area (Å²) in [5.74, 6) is -10.5. The van der Waals surface area contributed by atoms with Crippen LogP contribution >= 0.6 is 0 Å². The molecule has 0 aliphatic carbocycles. The van der Waals surface area contributed by atoms with E-state index < -0.39 is 155 Å². The molecule has 3 aromatic rings. The van der Waals surface area contributed by atoms with Gasteiger partial charge in [-0.25, -0.2) is 0 Å². The molecular weight excluding hydrogens is 1520 g/mol. The predicted octanol–water partition coefficient (Wildman–Crippen LogP) is -2.56. The second-order valence-corrected chi connectivity index (χ2v) is 29.0. The third-order valence-electron chi connectivity index (χ3n) is 18.7. The Bertz CT molecular complexity index is 3870. The van der Waals surface area contributed by atoms with Crippen LogP contribution in [0.15, 0.2) is 104 Å². The Morgan fingerprint density at radius 2 is 0.847 bits per heavy atom. The maximum atomic E-state index is 15.2. The predicted molar refractivity (Wildman–Crippen MR) is 445 cm³/mol. The van der Waals surface area contributed by atoms with Gasteiger partial charge >= 0.3 is 0 Å². The van der Waals surface area contributed by atoms with Crippen LogP contribution in [-0.4, -0.2) is 219 Å². The topological polar surface area (TPSA) is 646 Å². The van der Waals surface area contributed by atoms with Crippen molar-refractivity contribution in [2.24, 2.45) is 40.3 Å². The summed E-state index contributed by atoms with van der Waals surface area (Å²) >= 11 is 0. The number of rotatable bonds is 55. The second kappa shape index (κ2) is 52.8. The van der Waals surface area contributed by atoms with Gasteiger partial charge in [0.1, 0.15) is 91.2 Å². The number of hydrogen-bond donors (Lipinski definition) is 24. The molecule has 1 aliphatic rings. The maximum absolute atomic E-state index is 15.2. The van der Waals surface area contributed by atoms with Gasteiger partial charge in [-0.3, -0.25) is 79.2 Å². The van der Waals surface area contributed by atoms with Gasteiger partial charge < -0.3 is 123 Å². The Labute approximate surface area is 688 Å². The number of carbonyl (C=O) groups excluding carboxylic acids is 12. The zero-order valence-electron chi connectivity index (χ0n) is 67.8. The first-order valence-corrected chi connectivity index (χ1v) is 39.5. The number of nitrogens with two attached hydrogens (primary N) is 6. The van der Waals surface area contributed by atoms with Crippen molar-refractivity contribution in [3.05, 3.63) is 121 Å². The summed E-state index contributed by atoms with van der Waals surface area (Å²) in [6.07, 6.45) is 4.48. The summed E-state index contributed by atoms with van der Waals surface area (Å²) in [5, 5.41) is 68.7. The molecule has 11 atom stereocenters. The molecular formula is C79H123N25O14. The Morgan fingerprint density at radius 3 is 1.31 bits per heavy atom. The Hall–Kier alpha value is -12.6. The van der Waals surface area contributed by atoms with Crippen molar-refractivity contribution in [1.82, 2.24) is 79.3 Å². The smallest absolute Gasteiger partial charge is 0.245 e.